The van der Waals surface area contributed by atoms with E-state index in [1.807, 2.05) is 0 Å². The van der Waals surface area contributed by atoms with Gasteiger partial charge < -0.3 is 10.5 Å². The van der Waals surface area contributed by atoms with Crippen molar-refractivity contribution in [3.8, 4) is 0 Å². The molecule has 2 nitrogen and oxygen atoms in total. The van der Waals surface area contributed by atoms with Crippen molar-refractivity contribution in [1.29, 1.82) is 0 Å². The Labute approximate surface area is 109 Å². The van der Waals surface area contributed by atoms with Gasteiger partial charge in [0.1, 0.15) is 6.61 Å². The van der Waals surface area contributed by atoms with Gasteiger partial charge in [0.2, 0.25) is 0 Å². The fourth-order valence-electron chi connectivity index (χ4n) is 1.29. The SMILES string of the molecule is NC(CCOCC(F)F)c1ccc(Cl)c(Cl)c1. The number of nitrogens with two attached hydrogens (primary N) is 1. The van der Waals surface area contributed by atoms with Gasteiger partial charge in [0.05, 0.1) is 10.0 Å². The molecule has 1 unspecified atom stereocenters. The van der Waals surface area contributed by atoms with Gasteiger partial charge in [0.25, 0.3) is 6.43 Å². The molecule has 0 aliphatic heterocycles. The molecule has 0 aliphatic rings. The van der Waals surface area contributed by atoms with Gasteiger partial charge in [0, 0.05) is 12.6 Å². The van der Waals surface area contributed by atoms with E-state index in [-0.39, 0.29) is 12.6 Å². The van der Waals surface area contributed by atoms with Crippen LogP contribution in [0.25, 0.3) is 0 Å². The summed E-state index contributed by atoms with van der Waals surface area (Å²) in [5.41, 5.74) is 6.67. The summed E-state index contributed by atoms with van der Waals surface area (Å²) >= 11 is 11.6. The van der Waals surface area contributed by atoms with Crippen LogP contribution in [0.5, 0.6) is 0 Å². The molecule has 1 aromatic rings. The third-order valence-electron chi connectivity index (χ3n) is 2.19. The van der Waals surface area contributed by atoms with Crippen LogP contribution in [0.4, 0.5) is 8.78 Å². The average Bonchev–Trinajstić information content (AvgIpc) is 2.27. The van der Waals surface area contributed by atoms with Crippen LogP contribution >= 0.6 is 23.2 Å². The Morgan fingerprint density at radius 2 is 1.94 bits per heavy atom. The molecule has 1 aromatic carbocycles. The summed E-state index contributed by atoms with van der Waals surface area (Å²) in [6.07, 6.45) is -2.00. The van der Waals surface area contributed by atoms with Crippen molar-refractivity contribution in [2.45, 2.75) is 18.9 Å². The molecular formula is C11H13Cl2F2NO. The predicted octanol–water partition coefficient (Wildman–Crippen LogP) is 3.67. The lowest BCUT2D eigenvalue weighted by atomic mass is 10.1. The van der Waals surface area contributed by atoms with E-state index in [1.165, 1.54) is 0 Å². The third-order valence-corrected chi connectivity index (χ3v) is 2.93. The molecule has 2 N–H and O–H groups in total. The second kappa shape index (κ2) is 7.11. The number of ether oxygens (including phenoxy) is 1. The van der Waals surface area contributed by atoms with E-state index in [2.05, 4.69) is 0 Å². The first kappa shape index (κ1) is 14.6. The molecule has 6 heteroatoms. The minimum Gasteiger partial charge on any atom is -0.375 e. The maximum Gasteiger partial charge on any atom is 0.261 e. The zero-order valence-electron chi connectivity index (χ0n) is 9.01. The molecule has 1 atom stereocenters. The fraction of sp³-hybridized carbons (Fsp3) is 0.455. The van der Waals surface area contributed by atoms with Crippen LogP contribution in [0.1, 0.15) is 18.0 Å². The summed E-state index contributed by atoms with van der Waals surface area (Å²) in [6, 6.07) is 4.77. The summed E-state index contributed by atoms with van der Waals surface area (Å²) in [5.74, 6) is 0. The van der Waals surface area contributed by atoms with E-state index >= 15 is 0 Å². The highest BCUT2D eigenvalue weighted by molar-refractivity contribution is 6.42. The average molecular weight is 284 g/mol. The number of hydrogen-bond acceptors (Lipinski definition) is 2. The van der Waals surface area contributed by atoms with Crippen molar-refractivity contribution in [3.05, 3.63) is 33.8 Å². The van der Waals surface area contributed by atoms with Crippen molar-refractivity contribution < 1.29 is 13.5 Å². The van der Waals surface area contributed by atoms with Gasteiger partial charge in [-0.15, -0.1) is 0 Å². The Morgan fingerprint density at radius 1 is 1.24 bits per heavy atom. The van der Waals surface area contributed by atoms with E-state index in [1.54, 1.807) is 18.2 Å². The van der Waals surface area contributed by atoms with Crippen LogP contribution < -0.4 is 5.73 Å². The monoisotopic (exact) mass is 283 g/mol. The van der Waals surface area contributed by atoms with E-state index in [0.717, 1.165) is 5.56 Å². The molecule has 0 spiro atoms. The number of hydrogen-bond donors (Lipinski definition) is 1. The first-order valence-corrected chi connectivity index (χ1v) is 5.82. The smallest absolute Gasteiger partial charge is 0.261 e. The van der Waals surface area contributed by atoms with E-state index in [9.17, 15) is 8.78 Å². The van der Waals surface area contributed by atoms with Crippen molar-refractivity contribution in [2.75, 3.05) is 13.2 Å². The second-order valence-electron chi connectivity index (χ2n) is 3.53. The lowest BCUT2D eigenvalue weighted by molar-refractivity contribution is 0.0152. The van der Waals surface area contributed by atoms with Gasteiger partial charge in [-0.05, 0) is 24.1 Å². The summed E-state index contributed by atoms with van der Waals surface area (Å²) in [4.78, 5) is 0. The molecule has 96 valence electrons. The Kier molecular flexibility index (Phi) is 6.12. The van der Waals surface area contributed by atoms with Gasteiger partial charge in [0.15, 0.2) is 0 Å². The van der Waals surface area contributed by atoms with Gasteiger partial charge in [-0.1, -0.05) is 29.3 Å². The normalized spacial score (nSPS) is 13.1. The second-order valence-corrected chi connectivity index (χ2v) is 4.35. The summed E-state index contributed by atoms with van der Waals surface area (Å²) in [6.45, 7) is -0.375. The van der Waals surface area contributed by atoms with E-state index < -0.39 is 13.0 Å². The zero-order valence-corrected chi connectivity index (χ0v) is 10.5. The Morgan fingerprint density at radius 3 is 2.53 bits per heavy atom. The van der Waals surface area contributed by atoms with Crippen LogP contribution in [0.15, 0.2) is 18.2 Å². The zero-order chi connectivity index (χ0) is 12.8. The van der Waals surface area contributed by atoms with Crippen LogP contribution in [0, 0.1) is 0 Å². The lowest BCUT2D eigenvalue weighted by Gasteiger charge is -2.13. The van der Waals surface area contributed by atoms with Crippen molar-refractivity contribution in [2.24, 2.45) is 5.73 Å². The van der Waals surface area contributed by atoms with Crippen LogP contribution in [0.2, 0.25) is 10.0 Å². The molecule has 0 fully saturated rings. The minimum atomic E-state index is -2.45. The van der Waals surface area contributed by atoms with Crippen molar-refractivity contribution in [1.82, 2.24) is 0 Å². The molecule has 1 rings (SSSR count). The Hall–Kier alpha value is -0.420. The van der Waals surface area contributed by atoms with Crippen molar-refractivity contribution in [3.63, 3.8) is 0 Å². The molecule has 0 saturated carbocycles. The number of alkyl halides is 2. The Balaban J connectivity index is 2.41. The highest BCUT2D eigenvalue weighted by atomic mass is 35.5. The molecular weight excluding hydrogens is 271 g/mol. The minimum absolute atomic E-state index is 0.186. The van der Waals surface area contributed by atoms with E-state index in [4.69, 9.17) is 33.7 Å². The number of rotatable bonds is 6. The summed E-state index contributed by atoms with van der Waals surface area (Å²) < 4.78 is 28.3. The Bertz CT molecular complexity index is 363. The van der Waals surface area contributed by atoms with Gasteiger partial charge in [-0.3, -0.25) is 0 Å². The first-order chi connectivity index (χ1) is 8.00. The predicted molar refractivity (Wildman–Crippen MR) is 64.8 cm³/mol. The third kappa shape index (κ3) is 5.17. The largest absolute Gasteiger partial charge is 0.375 e. The summed E-state index contributed by atoms with van der Waals surface area (Å²) in [7, 11) is 0. The molecule has 0 aliphatic carbocycles. The molecule has 0 heterocycles. The van der Waals surface area contributed by atoms with Crippen molar-refractivity contribution >= 4 is 23.2 Å². The van der Waals surface area contributed by atoms with Gasteiger partial charge in [-0.2, -0.15) is 0 Å². The van der Waals surface area contributed by atoms with Gasteiger partial charge in [-0.25, -0.2) is 8.78 Å². The first-order valence-electron chi connectivity index (χ1n) is 5.07. The molecule has 17 heavy (non-hydrogen) atoms. The van der Waals surface area contributed by atoms with Crippen LogP contribution in [-0.4, -0.2) is 19.6 Å². The maximum atomic E-state index is 11.8. The summed E-state index contributed by atoms with van der Waals surface area (Å²) in [5, 5.41) is 0.879. The van der Waals surface area contributed by atoms with Crippen LogP contribution in [0.3, 0.4) is 0 Å². The maximum absolute atomic E-state index is 11.8. The number of halogens is 4. The van der Waals surface area contributed by atoms with E-state index in [0.29, 0.717) is 16.5 Å². The standard InChI is InChI=1S/C11H13Cl2F2NO/c12-8-2-1-7(5-9(8)13)10(16)3-4-17-6-11(14)15/h1-2,5,10-11H,3-4,6,16H2. The highest BCUT2D eigenvalue weighted by Gasteiger charge is 2.09. The number of benzene rings is 1. The highest BCUT2D eigenvalue weighted by Crippen LogP contribution is 2.25. The fourth-order valence-corrected chi connectivity index (χ4v) is 1.60. The molecule has 0 saturated heterocycles. The lowest BCUT2D eigenvalue weighted by Crippen LogP contribution is -2.14. The van der Waals surface area contributed by atoms with Gasteiger partial charge >= 0.3 is 0 Å². The molecule has 0 aromatic heterocycles. The quantitative estimate of drug-likeness (QED) is 0.809. The molecule has 0 radical (unpaired) electrons. The van der Waals surface area contributed by atoms with Crippen LogP contribution in [-0.2, 0) is 4.74 Å². The topological polar surface area (TPSA) is 35.2 Å². The molecule has 0 amide bonds. The molecule has 0 bridgehead atoms.